The van der Waals surface area contributed by atoms with E-state index in [1.165, 1.54) is 5.56 Å². The van der Waals surface area contributed by atoms with Crippen molar-refractivity contribution in [3.63, 3.8) is 0 Å². The van der Waals surface area contributed by atoms with Crippen molar-refractivity contribution in [1.29, 1.82) is 0 Å². The van der Waals surface area contributed by atoms with Crippen LogP contribution in [0.4, 0.5) is 11.5 Å². The molecule has 0 bridgehead atoms. The van der Waals surface area contributed by atoms with Crippen molar-refractivity contribution in [2.45, 2.75) is 19.4 Å². The number of methoxy groups -OCH3 is 1. The molecular weight excluding hydrogens is 290 g/mol. The number of hydrogen-bond acceptors (Lipinski definition) is 5. The molecular formula is C18H25N3O2. The number of likely N-dealkylation sites (N-methyl/N-ethyl adjacent to an activating group) is 1. The highest BCUT2D eigenvalue weighted by molar-refractivity contribution is 5.49. The summed E-state index contributed by atoms with van der Waals surface area (Å²) < 4.78 is 5.39. The molecule has 23 heavy (non-hydrogen) atoms. The molecule has 0 saturated carbocycles. The van der Waals surface area contributed by atoms with Crippen LogP contribution in [0, 0.1) is 0 Å². The van der Waals surface area contributed by atoms with E-state index in [4.69, 9.17) is 9.84 Å². The number of aliphatic hydroxyl groups excluding tert-OH is 1. The van der Waals surface area contributed by atoms with Crippen LogP contribution in [-0.2, 0) is 6.42 Å². The van der Waals surface area contributed by atoms with Crippen LogP contribution in [0.3, 0.4) is 0 Å². The van der Waals surface area contributed by atoms with E-state index in [-0.39, 0.29) is 12.6 Å². The summed E-state index contributed by atoms with van der Waals surface area (Å²) in [5.41, 5.74) is 2.16. The molecule has 124 valence electrons. The fourth-order valence-corrected chi connectivity index (χ4v) is 2.48. The Hall–Kier alpha value is -2.27. The molecule has 0 saturated heterocycles. The van der Waals surface area contributed by atoms with Gasteiger partial charge in [-0.2, -0.15) is 0 Å². The van der Waals surface area contributed by atoms with Crippen LogP contribution in [0.5, 0.6) is 5.75 Å². The molecule has 0 aliphatic rings. The van der Waals surface area contributed by atoms with Gasteiger partial charge in [-0.3, -0.25) is 0 Å². The third-order valence-electron chi connectivity index (χ3n) is 3.74. The summed E-state index contributed by atoms with van der Waals surface area (Å²) in [4.78, 5) is 6.41. The lowest BCUT2D eigenvalue weighted by molar-refractivity contribution is 0.304. The maximum absolute atomic E-state index is 8.97. The Bertz CT molecular complexity index is 601. The van der Waals surface area contributed by atoms with Crippen LogP contribution < -0.4 is 15.0 Å². The predicted octanol–water partition coefficient (Wildman–Crippen LogP) is 2.56. The smallest absolute Gasteiger partial charge is 0.126 e. The minimum Gasteiger partial charge on any atom is -0.496 e. The number of nitrogens with one attached hydrogen (secondary N) is 1. The zero-order valence-corrected chi connectivity index (χ0v) is 14.0. The van der Waals surface area contributed by atoms with E-state index < -0.39 is 0 Å². The van der Waals surface area contributed by atoms with Gasteiger partial charge in [-0.15, -0.1) is 0 Å². The fraction of sp³-hybridized carbons (Fsp3) is 0.389. The van der Waals surface area contributed by atoms with Crippen molar-refractivity contribution in [2.24, 2.45) is 0 Å². The third kappa shape index (κ3) is 4.86. The van der Waals surface area contributed by atoms with E-state index in [9.17, 15) is 0 Å². The first-order valence-electron chi connectivity index (χ1n) is 7.80. The average Bonchev–Trinajstić information content (AvgIpc) is 2.56. The number of hydrogen-bond donors (Lipinski definition) is 2. The Labute approximate surface area is 137 Å². The topological polar surface area (TPSA) is 57.6 Å². The van der Waals surface area contributed by atoms with Crippen LogP contribution in [0.25, 0.3) is 0 Å². The number of para-hydroxylation sites is 1. The number of pyridine rings is 1. The Balaban J connectivity index is 1.96. The number of aromatic nitrogens is 1. The average molecular weight is 315 g/mol. The zero-order chi connectivity index (χ0) is 16.7. The molecule has 0 radical (unpaired) electrons. The van der Waals surface area contributed by atoms with Crippen LogP contribution in [-0.4, -0.2) is 43.4 Å². The maximum Gasteiger partial charge on any atom is 0.126 e. The monoisotopic (exact) mass is 315 g/mol. The summed E-state index contributed by atoms with van der Waals surface area (Å²) in [6, 6.07) is 12.3. The van der Waals surface area contributed by atoms with E-state index in [1.807, 2.05) is 48.5 Å². The molecule has 0 fully saturated rings. The first-order chi connectivity index (χ1) is 11.1. The lowest BCUT2D eigenvalue weighted by atomic mass is 10.1. The van der Waals surface area contributed by atoms with Gasteiger partial charge in [0.05, 0.1) is 25.6 Å². The second-order valence-electron chi connectivity index (χ2n) is 5.61. The van der Waals surface area contributed by atoms with Gasteiger partial charge in [-0.25, -0.2) is 4.98 Å². The van der Waals surface area contributed by atoms with E-state index in [2.05, 4.69) is 23.3 Å². The van der Waals surface area contributed by atoms with Gasteiger partial charge in [-0.1, -0.05) is 18.2 Å². The van der Waals surface area contributed by atoms with Crippen LogP contribution >= 0.6 is 0 Å². The molecule has 0 aliphatic carbocycles. The number of rotatable bonds is 8. The van der Waals surface area contributed by atoms with Crippen molar-refractivity contribution in [1.82, 2.24) is 4.98 Å². The molecule has 2 aromatic rings. The van der Waals surface area contributed by atoms with Gasteiger partial charge in [0.25, 0.3) is 0 Å². The van der Waals surface area contributed by atoms with Gasteiger partial charge < -0.3 is 20.1 Å². The van der Waals surface area contributed by atoms with E-state index in [0.29, 0.717) is 6.54 Å². The van der Waals surface area contributed by atoms with E-state index >= 15 is 0 Å². The van der Waals surface area contributed by atoms with E-state index in [0.717, 1.165) is 23.7 Å². The van der Waals surface area contributed by atoms with Crippen molar-refractivity contribution < 1.29 is 9.84 Å². The third-order valence-corrected chi connectivity index (χ3v) is 3.74. The summed E-state index contributed by atoms with van der Waals surface area (Å²) in [5.74, 6) is 1.75. The summed E-state index contributed by atoms with van der Waals surface area (Å²) >= 11 is 0. The molecule has 0 spiro atoms. The second-order valence-corrected chi connectivity index (χ2v) is 5.61. The van der Waals surface area contributed by atoms with Crippen LogP contribution in [0.2, 0.25) is 0 Å². The Morgan fingerprint density at radius 3 is 2.70 bits per heavy atom. The van der Waals surface area contributed by atoms with Gasteiger partial charge >= 0.3 is 0 Å². The highest BCUT2D eigenvalue weighted by Gasteiger charge is 2.09. The number of benzene rings is 1. The molecule has 5 nitrogen and oxygen atoms in total. The van der Waals surface area contributed by atoms with Crippen LogP contribution in [0.15, 0.2) is 42.6 Å². The molecule has 2 rings (SSSR count). The molecule has 1 heterocycles. The first-order valence-corrected chi connectivity index (χ1v) is 7.80. The van der Waals surface area contributed by atoms with Crippen molar-refractivity contribution >= 4 is 11.5 Å². The normalized spacial score (nSPS) is 11.8. The molecule has 1 unspecified atom stereocenters. The van der Waals surface area contributed by atoms with E-state index in [1.54, 1.807) is 7.11 Å². The SMILES string of the molecule is COc1ccccc1CC(C)Nc1ccc(N(C)CCO)cn1. The van der Waals surface area contributed by atoms with Gasteiger partial charge in [0.2, 0.25) is 0 Å². The molecule has 1 atom stereocenters. The Morgan fingerprint density at radius 1 is 1.26 bits per heavy atom. The Kier molecular flexibility index (Phi) is 6.23. The molecule has 1 aromatic heterocycles. The second kappa shape index (κ2) is 8.39. The molecule has 0 aliphatic heterocycles. The molecule has 1 aromatic carbocycles. The lowest BCUT2D eigenvalue weighted by Gasteiger charge is -2.19. The largest absolute Gasteiger partial charge is 0.496 e. The van der Waals surface area contributed by atoms with Gasteiger partial charge in [-0.05, 0) is 37.1 Å². The van der Waals surface area contributed by atoms with Gasteiger partial charge in [0, 0.05) is 19.6 Å². The van der Waals surface area contributed by atoms with Gasteiger partial charge in [0.1, 0.15) is 11.6 Å². The van der Waals surface area contributed by atoms with Gasteiger partial charge in [0.15, 0.2) is 0 Å². The van der Waals surface area contributed by atoms with Crippen molar-refractivity contribution in [3.8, 4) is 5.75 Å². The minimum absolute atomic E-state index is 0.131. The standard InChI is InChI=1S/C18H25N3O2/c1-14(12-15-6-4-5-7-17(15)23-3)20-18-9-8-16(13-19-18)21(2)10-11-22/h4-9,13-14,22H,10-12H2,1-3H3,(H,19,20). The minimum atomic E-state index is 0.131. The maximum atomic E-state index is 8.97. The quantitative estimate of drug-likeness (QED) is 0.784. The summed E-state index contributed by atoms with van der Waals surface area (Å²) in [6.45, 7) is 2.85. The fourth-order valence-electron chi connectivity index (χ4n) is 2.48. The van der Waals surface area contributed by atoms with Crippen molar-refractivity contribution in [3.05, 3.63) is 48.2 Å². The number of aliphatic hydroxyl groups is 1. The summed E-state index contributed by atoms with van der Waals surface area (Å²) in [6.07, 6.45) is 2.67. The van der Waals surface area contributed by atoms with Crippen molar-refractivity contribution in [2.75, 3.05) is 37.5 Å². The Morgan fingerprint density at radius 2 is 2.04 bits per heavy atom. The first kappa shape index (κ1) is 17.1. The highest BCUT2D eigenvalue weighted by Crippen LogP contribution is 2.20. The summed E-state index contributed by atoms with van der Waals surface area (Å²) in [5, 5.41) is 12.4. The molecule has 2 N–H and O–H groups in total. The summed E-state index contributed by atoms with van der Waals surface area (Å²) in [7, 11) is 3.63. The number of nitrogens with zero attached hydrogens (tertiary/aromatic N) is 2. The lowest BCUT2D eigenvalue weighted by Crippen LogP contribution is -2.22. The highest BCUT2D eigenvalue weighted by atomic mass is 16.5. The number of anilines is 2. The predicted molar refractivity (Wildman–Crippen MR) is 94.4 cm³/mol. The number of ether oxygens (including phenoxy) is 1. The van der Waals surface area contributed by atoms with Crippen LogP contribution in [0.1, 0.15) is 12.5 Å². The molecule has 0 amide bonds. The zero-order valence-electron chi connectivity index (χ0n) is 14.0. The molecule has 5 heteroatoms.